The molecule has 1 saturated heterocycles. The summed E-state index contributed by atoms with van der Waals surface area (Å²) in [5.74, 6) is 2.35. The maximum absolute atomic E-state index is 13.9. The highest BCUT2D eigenvalue weighted by molar-refractivity contribution is 5.88. The molecule has 2 aromatic heterocycles. The van der Waals surface area contributed by atoms with Crippen molar-refractivity contribution in [2.45, 2.75) is 33.4 Å². The second-order valence-corrected chi connectivity index (χ2v) is 10.5. The number of nitrogens with one attached hydrogen (secondary N) is 1. The number of anilines is 2. The van der Waals surface area contributed by atoms with Crippen molar-refractivity contribution in [1.29, 1.82) is 0 Å². The van der Waals surface area contributed by atoms with E-state index in [0.29, 0.717) is 67.9 Å². The number of aromatic nitrogens is 4. The molecule has 0 spiro atoms. The molecule has 2 aliphatic heterocycles. The summed E-state index contributed by atoms with van der Waals surface area (Å²) in [5, 5.41) is 3.44. The number of ether oxygens (including phenoxy) is 2. The average molecular weight is 558 g/mol. The summed E-state index contributed by atoms with van der Waals surface area (Å²) in [4.78, 5) is 31.1. The molecule has 6 rings (SSSR count). The molecule has 4 heterocycles. The molecule has 0 atom stereocenters. The third-order valence-electron chi connectivity index (χ3n) is 7.09. The van der Waals surface area contributed by atoms with Gasteiger partial charge in [0.15, 0.2) is 28.5 Å². The molecule has 2 aliphatic rings. The predicted octanol–water partition coefficient (Wildman–Crippen LogP) is 4.36. The van der Waals surface area contributed by atoms with Crippen LogP contribution in [0.15, 0.2) is 60.4 Å². The van der Waals surface area contributed by atoms with Crippen LogP contribution in [0.5, 0.6) is 11.5 Å². The van der Waals surface area contributed by atoms with Crippen molar-refractivity contribution in [1.82, 2.24) is 24.4 Å². The molecule has 2 aromatic carbocycles. The van der Waals surface area contributed by atoms with Gasteiger partial charge in [-0.25, -0.2) is 9.37 Å². The SMILES string of the molecule is CC(C)=CC(=O)N1CCCN(c2nc(NCc3ccc4c(c3)OCO4)c3ncn(Cc4cccc(F)c4)c3n2)CC1. The van der Waals surface area contributed by atoms with E-state index < -0.39 is 0 Å². The Morgan fingerprint density at radius 2 is 1.90 bits per heavy atom. The van der Waals surface area contributed by atoms with Crippen molar-refractivity contribution in [3.63, 3.8) is 0 Å². The number of hydrogen-bond donors (Lipinski definition) is 1. The summed E-state index contributed by atoms with van der Waals surface area (Å²) in [6.07, 6.45) is 4.19. The smallest absolute Gasteiger partial charge is 0.246 e. The van der Waals surface area contributed by atoms with Gasteiger partial charge in [-0.3, -0.25) is 4.79 Å². The minimum absolute atomic E-state index is 0.0301. The molecular formula is C30H32FN7O3. The lowest BCUT2D eigenvalue weighted by molar-refractivity contribution is -0.125. The zero-order valence-corrected chi connectivity index (χ0v) is 23.1. The summed E-state index contributed by atoms with van der Waals surface area (Å²) in [6.45, 7) is 7.55. The van der Waals surface area contributed by atoms with Crippen LogP contribution in [0.2, 0.25) is 0 Å². The van der Waals surface area contributed by atoms with Crippen LogP contribution in [0, 0.1) is 5.82 Å². The van der Waals surface area contributed by atoms with E-state index in [2.05, 4.69) is 15.2 Å². The number of carbonyl (C=O) groups excluding carboxylic acids is 1. The first kappa shape index (κ1) is 26.5. The summed E-state index contributed by atoms with van der Waals surface area (Å²) in [5.41, 5.74) is 4.07. The zero-order valence-electron chi connectivity index (χ0n) is 23.1. The number of fused-ring (bicyclic) bond motifs is 2. The molecule has 10 nitrogen and oxygen atoms in total. The van der Waals surface area contributed by atoms with Crippen LogP contribution in [0.1, 0.15) is 31.4 Å². The van der Waals surface area contributed by atoms with Gasteiger partial charge in [0.2, 0.25) is 18.6 Å². The summed E-state index contributed by atoms with van der Waals surface area (Å²) in [6, 6.07) is 12.3. The first-order valence-electron chi connectivity index (χ1n) is 13.7. The van der Waals surface area contributed by atoms with Crippen molar-refractivity contribution >= 4 is 28.8 Å². The average Bonchev–Trinajstić information content (AvgIpc) is 3.50. The fourth-order valence-corrected chi connectivity index (χ4v) is 5.06. The highest BCUT2D eigenvalue weighted by Crippen LogP contribution is 2.33. The van der Waals surface area contributed by atoms with Crippen LogP contribution in [0.25, 0.3) is 11.2 Å². The lowest BCUT2D eigenvalue weighted by Gasteiger charge is -2.22. The number of imidazole rings is 1. The molecule has 212 valence electrons. The number of benzene rings is 2. The fourth-order valence-electron chi connectivity index (χ4n) is 5.06. The van der Waals surface area contributed by atoms with Gasteiger partial charge in [0.1, 0.15) is 5.82 Å². The highest BCUT2D eigenvalue weighted by atomic mass is 19.1. The van der Waals surface area contributed by atoms with Gasteiger partial charge in [0.05, 0.1) is 12.9 Å². The minimum atomic E-state index is -0.287. The van der Waals surface area contributed by atoms with Crippen LogP contribution in [-0.4, -0.2) is 63.3 Å². The van der Waals surface area contributed by atoms with Crippen LogP contribution in [0.4, 0.5) is 16.2 Å². The second-order valence-electron chi connectivity index (χ2n) is 10.5. The van der Waals surface area contributed by atoms with Gasteiger partial charge >= 0.3 is 0 Å². The van der Waals surface area contributed by atoms with Crippen LogP contribution >= 0.6 is 0 Å². The lowest BCUT2D eigenvalue weighted by Crippen LogP contribution is -2.34. The Hall–Kier alpha value is -4.67. The third kappa shape index (κ3) is 5.93. The van der Waals surface area contributed by atoms with Crippen LogP contribution in [-0.2, 0) is 17.9 Å². The standard InChI is InChI=1S/C30H32FN7O3/c1-20(2)13-26(39)36-9-4-10-37(12-11-36)30-34-28(32-16-21-7-8-24-25(15-21)41-19-40-24)27-29(35-30)38(18-33-27)17-22-5-3-6-23(31)14-22/h3,5-8,13-15,18H,4,9-12,16-17,19H2,1-2H3,(H,32,34,35). The van der Waals surface area contributed by atoms with Gasteiger partial charge in [-0.05, 0) is 55.7 Å². The van der Waals surface area contributed by atoms with Gasteiger partial charge in [-0.2, -0.15) is 9.97 Å². The van der Waals surface area contributed by atoms with Crippen molar-refractivity contribution in [3.05, 3.63) is 77.4 Å². The van der Waals surface area contributed by atoms with E-state index in [9.17, 15) is 9.18 Å². The molecule has 0 aliphatic carbocycles. The molecule has 0 bridgehead atoms. The Bertz CT molecular complexity index is 1620. The molecule has 0 saturated carbocycles. The quantitative estimate of drug-likeness (QED) is 0.335. The highest BCUT2D eigenvalue weighted by Gasteiger charge is 2.22. The molecule has 1 fully saturated rings. The summed E-state index contributed by atoms with van der Waals surface area (Å²) >= 11 is 0. The number of rotatable bonds is 7. The number of amides is 1. The van der Waals surface area contributed by atoms with Crippen molar-refractivity contribution in [3.8, 4) is 11.5 Å². The van der Waals surface area contributed by atoms with Gasteiger partial charge in [0.25, 0.3) is 0 Å². The monoisotopic (exact) mass is 557 g/mol. The normalized spacial score (nSPS) is 14.7. The summed E-state index contributed by atoms with van der Waals surface area (Å²) < 4.78 is 26.8. The first-order chi connectivity index (χ1) is 19.9. The Morgan fingerprint density at radius 1 is 1.02 bits per heavy atom. The maximum Gasteiger partial charge on any atom is 0.246 e. The number of halogens is 1. The van der Waals surface area contributed by atoms with E-state index in [0.717, 1.165) is 28.9 Å². The summed E-state index contributed by atoms with van der Waals surface area (Å²) in [7, 11) is 0. The molecule has 11 heteroatoms. The third-order valence-corrected chi connectivity index (χ3v) is 7.09. The second kappa shape index (κ2) is 11.4. The van der Waals surface area contributed by atoms with Crippen LogP contribution < -0.4 is 19.7 Å². The fraction of sp³-hybridized carbons (Fsp3) is 0.333. The van der Waals surface area contributed by atoms with Gasteiger partial charge < -0.3 is 29.2 Å². The van der Waals surface area contributed by atoms with Crippen LogP contribution in [0.3, 0.4) is 0 Å². The molecule has 41 heavy (non-hydrogen) atoms. The van der Waals surface area contributed by atoms with Crippen molar-refractivity contribution in [2.75, 3.05) is 43.2 Å². The molecule has 0 radical (unpaired) electrons. The van der Waals surface area contributed by atoms with Crippen molar-refractivity contribution < 1.29 is 18.7 Å². The van der Waals surface area contributed by atoms with E-state index in [1.165, 1.54) is 12.1 Å². The van der Waals surface area contributed by atoms with E-state index in [-0.39, 0.29) is 18.5 Å². The van der Waals surface area contributed by atoms with E-state index in [4.69, 9.17) is 19.4 Å². The van der Waals surface area contributed by atoms with E-state index >= 15 is 0 Å². The molecule has 0 unspecified atom stereocenters. The van der Waals surface area contributed by atoms with E-state index in [1.54, 1.807) is 18.5 Å². The number of nitrogens with zero attached hydrogens (tertiary/aromatic N) is 6. The number of carbonyl (C=O) groups is 1. The largest absolute Gasteiger partial charge is 0.454 e. The Kier molecular flexibility index (Phi) is 7.41. The Balaban J connectivity index is 1.30. The van der Waals surface area contributed by atoms with Gasteiger partial charge in [0, 0.05) is 38.8 Å². The van der Waals surface area contributed by atoms with E-state index in [1.807, 2.05) is 47.6 Å². The topological polar surface area (TPSA) is 97.6 Å². The molecule has 1 N–H and O–H groups in total. The number of hydrogen-bond acceptors (Lipinski definition) is 8. The molecule has 4 aromatic rings. The van der Waals surface area contributed by atoms with Gasteiger partial charge in [-0.1, -0.05) is 23.8 Å². The van der Waals surface area contributed by atoms with Crippen molar-refractivity contribution in [2.24, 2.45) is 0 Å². The Morgan fingerprint density at radius 3 is 2.76 bits per heavy atom. The molecule has 1 amide bonds. The predicted molar refractivity (Wildman–Crippen MR) is 154 cm³/mol. The maximum atomic E-state index is 13.9. The lowest BCUT2D eigenvalue weighted by atomic mass is 10.2. The van der Waals surface area contributed by atoms with Gasteiger partial charge in [-0.15, -0.1) is 0 Å². The number of allylic oxidation sites excluding steroid dienone is 1. The zero-order chi connectivity index (χ0) is 28.3. The first-order valence-corrected chi connectivity index (χ1v) is 13.7. The Labute approximate surface area is 237 Å². The molecular weight excluding hydrogens is 525 g/mol. The minimum Gasteiger partial charge on any atom is -0.454 e.